The first-order valence-corrected chi connectivity index (χ1v) is 9.11. The van der Waals surface area contributed by atoms with Crippen LogP contribution in [-0.2, 0) is 0 Å². The summed E-state index contributed by atoms with van der Waals surface area (Å²) in [4.78, 5) is 16.8. The number of fused-ring (bicyclic) bond motifs is 1. The molecule has 138 valence electrons. The summed E-state index contributed by atoms with van der Waals surface area (Å²) < 4.78 is 7.80. The Morgan fingerprint density at radius 3 is 2.41 bits per heavy atom. The lowest BCUT2D eigenvalue weighted by molar-refractivity contribution is 0.0711. The van der Waals surface area contributed by atoms with E-state index in [4.69, 9.17) is 4.74 Å². The lowest BCUT2D eigenvalue weighted by Crippen LogP contribution is -2.45. The third kappa shape index (κ3) is 2.85. The maximum atomic E-state index is 12.8. The Labute approximate surface area is 159 Å². The molecule has 1 aliphatic heterocycles. The van der Waals surface area contributed by atoms with Crippen LogP contribution >= 0.6 is 0 Å². The number of nitrogens with zero attached hydrogens (tertiary/aromatic N) is 3. The van der Waals surface area contributed by atoms with Crippen molar-refractivity contribution in [2.45, 2.75) is 13.1 Å². The highest BCUT2D eigenvalue weighted by atomic mass is 16.5. The van der Waals surface area contributed by atoms with Gasteiger partial charge in [-0.3, -0.25) is 4.79 Å². The molecule has 0 aliphatic carbocycles. The molecule has 1 aromatic heterocycles. The molecule has 4 rings (SSSR count). The van der Waals surface area contributed by atoms with Gasteiger partial charge in [-0.2, -0.15) is 0 Å². The summed E-state index contributed by atoms with van der Waals surface area (Å²) in [6, 6.07) is 17.8. The molecule has 27 heavy (non-hydrogen) atoms. The van der Waals surface area contributed by atoms with Gasteiger partial charge < -0.3 is 19.1 Å². The third-order valence-electron chi connectivity index (χ3n) is 5.03. The molecule has 1 aliphatic rings. The van der Waals surface area contributed by atoms with Crippen molar-refractivity contribution >= 4 is 11.6 Å². The minimum Gasteiger partial charge on any atom is -0.492 e. The highest BCUT2D eigenvalue weighted by molar-refractivity contribution is 6.01. The minimum absolute atomic E-state index is 0.0381. The van der Waals surface area contributed by atoms with Gasteiger partial charge in [0.15, 0.2) is 0 Å². The lowest BCUT2D eigenvalue weighted by Gasteiger charge is -2.41. The zero-order valence-corrected chi connectivity index (χ0v) is 15.8. The van der Waals surface area contributed by atoms with E-state index >= 15 is 0 Å². The predicted octanol–water partition coefficient (Wildman–Crippen LogP) is 4.10. The van der Waals surface area contributed by atoms with E-state index in [1.807, 2.05) is 80.3 Å². The molecule has 5 heteroatoms. The van der Waals surface area contributed by atoms with E-state index in [1.165, 1.54) is 0 Å². The van der Waals surface area contributed by atoms with Gasteiger partial charge in [0.05, 0.1) is 23.5 Å². The second-order valence-electron chi connectivity index (χ2n) is 6.67. The number of ether oxygens (including phenoxy) is 1. The van der Waals surface area contributed by atoms with Crippen molar-refractivity contribution in [3.63, 3.8) is 0 Å². The standard InChI is InChI=1S/C22H23N3O2/c1-4-27-20-12-8-7-11-19(20)25-14-13-16(15-25)21-23(2)18-10-6-5-9-17(18)22(26)24(21)3/h5-15,21H,4H2,1-3H3/t21-/m1/s1. The van der Waals surface area contributed by atoms with E-state index in [0.717, 1.165) is 28.3 Å². The van der Waals surface area contributed by atoms with Gasteiger partial charge in [-0.05, 0) is 37.3 Å². The summed E-state index contributed by atoms with van der Waals surface area (Å²) in [7, 11) is 3.88. The first kappa shape index (κ1) is 17.2. The van der Waals surface area contributed by atoms with Crippen LogP contribution in [0, 0.1) is 0 Å². The van der Waals surface area contributed by atoms with Crippen molar-refractivity contribution in [3.8, 4) is 11.4 Å². The molecular weight excluding hydrogens is 338 g/mol. The van der Waals surface area contributed by atoms with E-state index in [1.54, 1.807) is 4.90 Å². The molecule has 0 spiro atoms. The lowest BCUT2D eigenvalue weighted by atomic mass is 10.0. The molecule has 0 unspecified atom stereocenters. The quantitative estimate of drug-likeness (QED) is 0.702. The maximum Gasteiger partial charge on any atom is 0.257 e. The normalized spacial score (nSPS) is 16.4. The molecule has 0 saturated carbocycles. The van der Waals surface area contributed by atoms with Crippen LogP contribution in [0.25, 0.3) is 5.69 Å². The molecule has 0 radical (unpaired) electrons. The zero-order chi connectivity index (χ0) is 19.0. The fourth-order valence-electron chi connectivity index (χ4n) is 3.77. The Kier molecular flexibility index (Phi) is 4.36. The number of benzene rings is 2. The molecule has 0 N–H and O–H groups in total. The SMILES string of the molecule is CCOc1ccccc1-n1ccc([C@H]2N(C)C(=O)c3ccccc3N2C)c1. The molecular formula is C22H23N3O2. The fraction of sp³-hybridized carbons (Fsp3) is 0.227. The van der Waals surface area contributed by atoms with Crippen molar-refractivity contribution in [2.75, 3.05) is 25.6 Å². The van der Waals surface area contributed by atoms with Gasteiger partial charge in [-0.15, -0.1) is 0 Å². The average molecular weight is 361 g/mol. The Hall–Kier alpha value is -3.21. The highest BCUT2D eigenvalue weighted by Gasteiger charge is 2.34. The van der Waals surface area contributed by atoms with E-state index in [9.17, 15) is 4.79 Å². The van der Waals surface area contributed by atoms with Crippen LogP contribution < -0.4 is 9.64 Å². The van der Waals surface area contributed by atoms with Gasteiger partial charge in [0, 0.05) is 32.1 Å². The maximum absolute atomic E-state index is 12.8. The molecule has 0 bridgehead atoms. The molecule has 2 aromatic carbocycles. The van der Waals surface area contributed by atoms with Crippen LogP contribution in [0.3, 0.4) is 0 Å². The van der Waals surface area contributed by atoms with Crippen LogP contribution in [0.1, 0.15) is 29.0 Å². The fourth-order valence-corrected chi connectivity index (χ4v) is 3.77. The van der Waals surface area contributed by atoms with Gasteiger partial charge in [0.2, 0.25) is 0 Å². The largest absolute Gasteiger partial charge is 0.492 e. The number of rotatable bonds is 4. The topological polar surface area (TPSA) is 37.7 Å². The van der Waals surface area contributed by atoms with Crippen LogP contribution in [-0.4, -0.2) is 36.1 Å². The first-order valence-electron chi connectivity index (χ1n) is 9.11. The second kappa shape index (κ2) is 6.83. The monoisotopic (exact) mass is 361 g/mol. The Balaban J connectivity index is 1.73. The number of hydrogen-bond donors (Lipinski definition) is 0. The van der Waals surface area contributed by atoms with Crippen molar-refractivity contribution in [2.24, 2.45) is 0 Å². The predicted molar refractivity (Wildman–Crippen MR) is 107 cm³/mol. The average Bonchev–Trinajstić information content (AvgIpc) is 3.17. The summed E-state index contributed by atoms with van der Waals surface area (Å²) in [5.41, 5.74) is 3.72. The second-order valence-corrected chi connectivity index (χ2v) is 6.67. The molecule has 0 fully saturated rings. The van der Waals surface area contributed by atoms with E-state index in [-0.39, 0.29) is 12.1 Å². The smallest absolute Gasteiger partial charge is 0.257 e. The van der Waals surface area contributed by atoms with Gasteiger partial charge in [-0.1, -0.05) is 24.3 Å². The number of aromatic nitrogens is 1. The third-order valence-corrected chi connectivity index (χ3v) is 5.03. The van der Waals surface area contributed by atoms with Crippen LogP contribution in [0.4, 0.5) is 5.69 Å². The minimum atomic E-state index is -0.159. The molecule has 3 aromatic rings. The molecule has 2 heterocycles. The van der Waals surface area contributed by atoms with Crippen molar-refractivity contribution in [3.05, 3.63) is 78.1 Å². The highest BCUT2D eigenvalue weighted by Crippen LogP contribution is 2.37. The first-order chi connectivity index (χ1) is 13.1. The van der Waals surface area contributed by atoms with Crippen LogP contribution in [0.5, 0.6) is 5.75 Å². The van der Waals surface area contributed by atoms with Crippen LogP contribution in [0.15, 0.2) is 67.0 Å². The summed E-state index contributed by atoms with van der Waals surface area (Å²) in [6.07, 6.45) is 3.92. The number of para-hydroxylation sites is 3. The Bertz CT molecular complexity index is 979. The number of anilines is 1. The molecule has 1 amide bonds. The number of carbonyl (C=O) groups is 1. The Morgan fingerprint density at radius 2 is 1.63 bits per heavy atom. The Morgan fingerprint density at radius 1 is 0.926 bits per heavy atom. The van der Waals surface area contributed by atoms with Crippen molar-refractivity contribution < 1.29 is 9.53 Å². The van der Waals surface area contributed by atoms with Crippen LogP contribution in [0.2, 0.25) is 0 Å². The van der Waals surface area contributed by atoms with E-state index in [2.05, 4.69) is 17.2 Å². The van der Waals surface area contributed by atoms with Gasteiger partial charge in [-0.25, -0.2) is 0 Å². The molecule has 0 saturated heterocycles. The summed E-state index contributed by atoms with van der Waals surface area (Å²) >= 11 is 0. The van der Waals surface area contributed by atoms with E-state index in [0.29, 0.717) is 6.61 Å². The molecule has 1 atom stereocenters. The number of amides is 1. The van der Waals surface area contributed by atoms with Gasteiger partial charge in [0.25, 0.3) is 5.91 Å². The van der Waals surface area contributed by atoms with Crippen molar-refractivity contribution in [1.82, 2.24) is 9.47 Å². The van der Waals surface area contributed by atoms with Crippen molar-refractivity contribution in [1.29, 1.82) is 0 Å². The zero-order valence-electron chi connectivity index (χ0n) is 15.8. The molecule has 5 nitrogen and oxygen atoms in total. The number of hydrogen-bond acceptors (Lipinski definition) is 3. The summed E-state index contributed by atoms with van der Waals surface area (Å²) in [5, 5.41) is 0. The summed E-state index contributed by atoms with van der Waals surface area (Å²) in [5.74, 6) is 0.880. The van der Waals surface area contributed by atoms with Gasteiger partial charge in [0.1, 0.15) is 11.9 Å². The number of carbonyl (C=O) groups excluding carboxylic acids is 1. The summed E-state index contributed by atoms with van der Waals surface area (Å²) in [6.45, 7) is 2.59. The van der Waals surface area contributed by atoms with Gasteiger partial charge >= 0.3 is 0 Å². The van der Waals surface area contributed by atoms with E-state index < -0.39 is 0 Å².